The summed E-state index contributed by atoms with van der Waals surface area (Å²) in [6.45, 7) is 3.01. The minimum absolute atomic E-state index is 0.0626. The lowest BCUT2D eigenvalue weighted by Crippen LogP contribution is -2.24. The molecule has 0 atom stereocenters. The van der Waals surface area contributed by atoms with Crippen LogP contribution in [0.5, 0.6) is 0 Å². The van der Waals surface area contributed by atoms with Gasteiger partial charge in [-0.25, -0.2) is 4.98 Å². The molecule has 2 rings (SSSR count). The number of rotatable bonds is 4. The van der Waals surface area contributed by atoms with Crippen LogP contribution in [0.3, 0.4) is 0 Å². The fourth-order valence-electron chi connectivity index (χ4n) is 1.50. The van der Waals surface area contributed by atoms with Crippen molar-refractivity contribution in [2.75, 3.05) is 0 Å². The minimum Gasteiger partial charge on any atom is -0.346 e. The van der Waals surface area contributed by atoms with E-state index in [1.54, 1.807) is 4.68 Å². The number of aryl methyl sites for hydroxylation is 1. The van der Waals surface area contributed by atoms with Gasteiger partial charge >= 0.3 is 0 Å². The second-order valence-electron chi connectivity index (χ2n) is 3.69. The van der Waals surface area contributed by atoms with Crippen molar-refractivity contribution in [3.05, 3.63) is 47.8 Å². The zero-order valence-corrected chi connectivity index (χ0v) is 9.93. The van der Waals surface area contributed by atoms with Crippen LogP contribution in [-0.2, 0) is 13.1 Å². The van der Waals surface area contributed by atoms with E-state index in [0.29, 0.717) is 0 Å². The normalized spacial score (nSPS) is 10.3. The maximum atomic E-state index is 13.2. The van der Waals surface area contributed by atoms with E-state index in [9.17, 15) is 9.18 Å². The molecule has 0 bridgehead atoms. The average molecular weight is 248 g/mol. The molecular weight excluding hydrogens is 235 g/mol. The molecule has 2 heterocycles. The molecule has 0 aliphatic rings. The smallest absolute Gasteiger partial charge is 0.256 e. The topological polar surface area (TPSA) is 59.8 Å². The maximum Gasteiger partial charge on any atom is 0.256 e. The van der Waals surface area contributed by atoms with Crippen LogP contribution in [-0.4, -0.2) is 20.7 Å². The first-order valence-electron chi connectivity index (χ1n) is 5.61. The molecule has 0 aliphatic carbocycles. The third-order valence-electron chi connectivity index (χ3n) is 2.45. The molecule has 0 unspecified atom stereocenters. The van der Waals surface area contributed by atoms with Gasteiger partial charge in [-0.05, 0) is 25.1 Å². The quantitative estimate of drug-likeness (QED) is 0.831. The minimum atomic E-state index is -0.769. The number of amides is 1. The first-order valence-corrected chi connectivity index (χ1v) is 5.61. The van der Waals surface area contributed by atoms with Crippen molar-refractivity contribution in [3.63, 3.8) is 0 Å². The van der Waals surface area contributed by atoms with Crippen LogP contribution in [0.1, 0.15) is 23.0 Å². The molecule has 0 aliphatic heterocycles. The van der Waals surface area contributed by atoms with E-state index in [1.807, 2.05) is 19.2 Å². The standard InChI is InChI=1S/C12H13FN4O/c1-2-17-7-5-9(16-17)8-15-12(18)10-4-3-6-14-11(10)13/h3-7H,2,8H2,1H3,(H,15,18). The van der Waals surface area contributed by atoms with Gasteiger partial charge in [0.25, 0.3) is 5.91 Å². The summed E-state index contributed by atoms with van der Waals surface area (Å²) in [5, 5.41) is 6.81. The van der Waals surface area contributed by atoms with Crippen molar-refractivity contribution in [1.29, 1.82) is 0 Å². The van der Waals surface area contributed by atoms with Gasteiger partial charge in [0.15, 0.2) is 0 Å². The van der Waals surface area contributed by atoms with E-state index in [0.717, 1.165) is 12.2 Å². The Morgan fingerprint density at radius 2 is 2.33 bits per heavy atom. The van der Waals surface area contributed by atoms with Crippen molar-refractivity contribution in [1.82, 2.24) is 20.1 Å². The molecule has 0 spiro atoms. The summed E-state index contributed by atoms with van der Waals surface area (Å²) in [7, 11) is 0. The highest BCUT2D eigenvalue weighted by atomic mass is 19.1. The van der Waals surface area contributed by atoms with E-state index < -0.39 is 11.9 Å². The molecule has 6 heteroatoms. The van der Waals surface area contributed by atoms with E-state index in [4.69, 9.17) is 0 Å². The third kappa shape index (κ3) is 2.71. The summed E-state index contributed by atoms with van der Waals surface area (Å²) in [6, 6.07) is 4.72. The molecular formula is C12H13FN4O. The van der Waals surface area contributed by atoms with Crippen LogP contribution < -0.4 is 5.32 Å². The second kappa shape index (κ2) is 5.39. The highest BCUT2D eigenvalue weighted by Gasteiger charge is 2.11. The summed E-state index contributed by atoms with van der Waals surface area (Å²) in [5.41, 5.74) is 0.668. The highest BCUT2D eigenvalue weighted by Crippen LogP contribution is 2.03. The van der Waals surface area contributed by atoms with Gasteiger partial charge in [0.05, 0.1) is 17.8 Å². The summed E-state index contributed by atoms with van der Waals surface area (Å²) >= 11 is 0. The first kappa shape index (κ1) is 12.2. The zero-order chi connectivity index (χ0) is 13.0. The number of halogens is 1. The van der Waals surface area contributed by atoms with Gasteiger partial charge in [-0.15, -0.1) is 0 Å². The number of carbonyl (C=O) groups is 1. The van der Waals surface area contributed by atoms with Crippen LogP contribution in [0, 0.1) is 5.95 Å². The largest absolute Gasteiger partial charge is 0.346 e. The first-order chi connectivity index (χ1) is 8.70. The van der Waals surface area contributed by atoms with Gasteiger partial charge in [0.2, 0.25) is 5.95 Å². The average Bonchev–Trinajstić information content (AvgIpc) is 2.84. The van der Waals surface area contributed by atoms with Crippen LogP contribution in [0.25, 0.3) is 0 Å². The van der Waals surface area contributed by atoms with Gasteiger partial charge in [-0.1, -0.05) is 0 Å². The Hall–Kier alpha value is -2.24. The van der Waals surface area contributed by atoms with Crippen molar-refractivity contribution in [3.8, 4) is 0 Å². The summed E-state index contributed by atoms with van der Waals surface area (Å²) in [5.74, 6) is -1.26. The monoisotopic (exact) mass is 248 g/mol. The van der Waals surface area contributed by atoms with Crippen LogP contribution in [0.15, 0.2) is 30.6 Å². The van der Waals surface area contributed by atoms with E-state index in [1.165, 1.54) is 18.3 Å². The Morgan fingerprint density at radius 3 is 3.00 bits per heavy atom. The summed E-state index contributed by atoms with van der Waals surface area (Å²) in [4.78, 5) is 15.1. The fourth-order valence-corrected chi connectivity index (χ4v) is 1.50. The number of nitrogens with one attached hydrogen (secondary N) is 1. The number of pyridine rings is 1. The number of nitrogens with zero attached hydrogens (tertiary/aromatic N) is 3. The van der Waals surface area contributed by atoms with Crippen molar-refractivity contribution >= 4 is 5.91 Å². The van der Waals surface area contributed by atoms with Crippen molar-refractivity contribution in [2.24, 2.45) is 0 Å². The lowest BCUT2D eigenvalue weighted by Gasteiger charge is -2.03. The molecule has 0 aromatic carbocycles. The Bertz CT molecular complexity index is 553. The molecule has 5 nitrogen and oxygen atoms in total. The van der Waals surface area contributed by atoms with Gasteiger partial charge < -0.3 is 5.32 Å². The number of carbonyl (C=O) groups excluding carboxylic acids is 1. The lowest BCUT2D eigenvalue weighted by atomic mass is 10.2. The number of hydrogen-bond acceptors (Lipinski definition) is 3. The van der Waals surface area contributed by atoms with E-state index in [-0.39, 0.29) is 12.1 Å². The van der Waals surface area contributed by atoms with Gasteiger partial charge in [-0.3, -0.25) is 9.48 Å². The van der Waals surface area contributed by atoms with Gasteiger partial charge in [-0.2, -0.15) is 9.49 Å². The fraction of sp³-hybridized carbons (Fsp3) is 0.250. The lowest BCUT2D eigenvalue weighted by molar-refractivity contribution is 0.0945. The summed E-state index contributed by atoms with van der Waals surface area (Å²) in [6.07, 6.45) is 3.13. The predicted octanol–water partition coefficient (Wildman–Crippen LogP) is 1.37. The zero-order valence-electron chi connectivity index (χ0n) is 9.93. The predicted molar refractivity (Wildman–Crippen MR) is 63.3 cm³/mol. The Morgan fingerprint density at radius 1 is 1.50 bits per heavy atom. The Labute approximate surface area is 104 Å². The summed E-state index contributed by atoms with van der Waals surface area (Å²) < 4.78 is 15.0. The molecule has 18 heavy (non-hydrogen) atoms. The molecule has 0 fully saturated rings. The van der Waals surface area contributed by atoms with Crippen LogP contribution in [0.2, 0.25) is 0 Å². The molecule has 0 radical (unpaired) electrons. The molecule has 0 saturated heterocycles. The molecule has 2 aromatic heterocycles. The van der Waals surface area contributed by atoms with E-state index in [2.05, 4.69) is 15.4 Å². The van der Waals surface area contributed by atoms with Gasteiger partial charge in [0.1, 0.15) is 0 Å². The second-order valence-corrected chi connectivity index (χ2v) is 3.69. The van der Waals surface area contributed by atoms with E-state index >= 15 is 0 Å². The maximum absolute atomic E-state index is 13.2. The Balaban J connectivity index is 1.98. The van der Waals surface area contributed by atoms with Crippen molar-refractivity contribution in [2.45, 2.75) is 20.0 Å². The SMILES string of the molecule is CCn1ccc(CNC(=O)c2cccnc2F)n1. The molecule has 2 aromatic rings. The number of hydrogen-bond donors (Lipinski definition) is 1. The van der Waals surface area contributed by atoms with Gasteiger partial charge in [0, 0.05) is 18.9 Å². The highest BCUT2D eigenvalue weighted by molar-refractivity contribution is 5.93. The molecule has 0 saturated carbocycles. The third-order valence-corrected chi connectivity index (χ3v) is 2.45. The van der Waals surface area contributed by atoms with Crippen LogP contribution in [0.4, 0.5) is 4.39 Å². The van der Waals surface area contributed by atoms with Crippen molar-refractivity contribution < 1.29 is 9.18 Å². The van der Waals surface area contributed by atoms with Crippen LogP contribution >= 0.6 is 0 Å². The molecule has 1 N–H and O–H groups in total. The molecule has 94 valence electrons. The number of aromatic nitrogens is 3. The Kier molecular flexibility index (Phi) is 3.66. The molecule has 1 amide bonds.